The highest BCUT2D eigenvalue weighted by Crippen LogP contribution is 2.13. The van der Waals surface area contributed by atoms with Gasteiger partial charge in [0.25, 0.3) is 0 Å². The molecule has 18 heavy (non-hydrogen) atoms. The van der Waals surface area contributed by atoms with Gasteiger partial charge in [0.2, 0.25) is 0 Å². The first-order chi connectivity index (χ1) is 8.58. The van der Waals surface area contributed by atoms with Gasteiger partial charge in [-0.15, -0.1) is 0 Å². The lowest BCUT2D eigenvalue weighted by molar-refractivity contribution is 0.261. The Kier molecular flexibility index (Phi) is 6.76. The van der Waals surface area contributed by atoms with E-state index in [9.17, 15) is 0 Å². The van der Waals surface area contributed by atoms with Crippen LogP contribution in [0.2, 0.25) is 0 Å². The predicted octanol–water partition coefficient (Wildman–Crippen LogP) is 2.37. The van der Waals surface area contributed by atoms with Crippen molar-refractivity contribution < 1.29 is 4.74 Å². The number of hydrogen-bond acceptors (Lipinski definition) is 3. The van der Waals surface area contributed by atoms with Gasteiger partial charge in [0.05, 0.1) is 0 Å². The number of hydrogen-bond donors (Lipinski definition) is 1. The van der Waals surface area contributed by atoms with Crippen molar-refractivity contribution in [2.24, 2.45) is 5.92 Å². The molecule has 1 N–H and O–H groups in total. The van der Waals surface area contributed by atoms with Gasteiger partial charge in [-0.1, -0.05) is 26.0 Å². The van der Waals surface area contributed by atoms with Crippen LogP contribution in [-0.4, -0.2) is 38.7 Å². The van der Waals surface area contributed by atoms with E-state index in [1.165, 1.54) is 5.56 Å². The molecule has 0 aromatic heterocycles. The summed E-state index contributed by atoms with van der Waals surface area (Å²) in [4.78, 5) is 2.12. The zero-order valence-corrected chi connectivity index (χ0v) is 12.1. The molecule has 0 radical (unpaired) electrons. The Morgan fingerprint density at radius 1 is 1.28 bits per heavy atom. The van der Waals surface area contributed by atoms with Crippen LogP contribution in [-0.2, 0) is 6.54 Å². The average molecular weight is 250 g/mol. The molecule has 3 nitrogen and oxygen atoms in total. The van der Waals surface area contributed by atoms with Crippen molar-refractivity contribution in [1.82, 2.24) is 10.2 Å². The van der Waals surface area contributed by atoms with E-state index >= 15 is 0 Å². The number of benzene rings is 1. The molecule has 0 aliphatic rings. The van der Waals surface area contributed by atoms with Gasteiger partial charge < -0.3 is 15.0 Å². The molecule has 0 atom stereocenters. The lowest BCUT2D eigenvalue weighted by atomic mass is 10.2. The maximum atomic E-state index is 5.72. The monoisotopic (exact) mass is 250 g/mol. The smallest absolute Gasteiger partial charge is 0.119 e. The first-order valence-corrected chi connectivity index (χ1v) is 6.65. The van der Waals surface area contributed by atoms with E-state index in [0.717, 1.165) is 32.0 Å². The highest BCUT2D eigenvalue weighted by Gasteiger charge is 1.99. The Morgan fingerprint density at radius 2 is 2.06 bits per heavy atom. The Bertz CT molecular complexity index is 308. The summed E-state index contributed by atoms with van der Waals surface area (Å²) in [5.41, 5.74) is 1.28. The van der Waals surface area contributed by atoms with Crippen LogP contribution >= 0.6 is 0 Å². The second kappa shape index (κ2) is 8.11. The first-order valence-electron chi connectivity index (χ1n) is 6.65. The van der Waals surface area contributed by atoms with Gasteiger partial charge in [0.15, 0.2) is 0 Å². The zero-order valence-electron chi connectivity index (χ0n) is 12.1. The van der Waals surface area contributed by atoms with E-state index in [-0.39, 0.29) is 0 Å². The topological polar surface area (TPSA) is 24.5 Å². The minimum absolute atomic E-state index is 0.685. The molecule has 0 aliphatic carbocycles. The van der Waals surface area contributed by atoms with Gasteiger partial charge in [0.1, 0.15) is 12.4 Å². The molecule has 0 unspecified atom stereocenters. The lowest BCUT2D eigenvalue weighted by Crippen LogP contribution is -2.20. The lowest BCUT2D eigenvalue weighted by Gasteiger charge is -2.12. The van der Waals surface area contributed by atoms with Crippen molar-refractivity contribution in [3.63, 3.8) is 0 Å². The molecule has 0 saturated heterocycles. The molecule has 0 amide bonds. The van der Waals surface area contributed by atoms with Crippen molar-refractivity contribution in [3.05, 3.63) is 29.8 Å². The Hall–Kier alpha value is -1.06. The van der Waals surface area contributed by atoms with Gasteiger partial charge in [-0.2, -0.15) is 0 Å². The van der Waals surface area contributed by atoms with Crippen molar-refractivity contribution in [1.29, 1.82) is 0 Å². The number of likely N-dealkylation sites (N-methyl/N-ethyl adjacent to an activating group) is 1. The maximum Gasteiger partial charge on any atom is 0.119 e. The van der Waals surface area contributed by atoms with Crippen molar-refractivity contribution in [2.45, 2.75) is 20.4 Å². The Labute approximate surface area is 111 Å². The van der Waals surface area contributed by atoms with Gasteiger partial charge in [0, 0.05) is 13.1 Å². The summed E-state index contributed by atoms with van der Waals surface area (Å²) < 4.78 is 5.72. The van der Waals surface area contributed by atoms with Crippen molar-refractivity contribution in [3.8, 4) is 5.75 Å². The molecule has 1 rings (SSSR count). The van der Waals surface area contributed by atoms with E-state index in [1.807, 2.05) is 6.07 Å². The predicted molar refractivity (Wildman–Crippen MR) is 77.0 cm³/mol. The second-order valence-corrected chi connectivity index (χ2v) is 5.32. The van der Waals surface area contributed by atoms with E-state index in [0.29, 0.717) is 5.92 Å². The van der Waals surface area contributed by atoms with Crippen LogP contribution in [0.25, 0.3) is 0 Å². The summed E-state index contributed by atoms with van der Waals surface area (Å²) >= 11 is 0. The third kappa shape index (κ3) is 6.62. The minimum Gasteiger partial charge on any atom is -0.492 e. The molecule has 1 aromatic rings. The van der Waals surface area contributed by atoms with Gasteiger partial charge in [-0.05, 0) is 44.3 Å². The molecule has 0 saturated carbocycles. The van der Waals surface area contributed by atoms with E-state index in [2.05, 4.69) is 56.4 Å². The normalized spacial score (nSPS) is 11.2. The number of nitrogens with one attached hydrogen (secondary N) is 1. The van der Waals surface area contributed by atoms with Crippen molar-refractivity contribution in [2.75, 3.05) is 33.8 Å². The summed E-state index contributed by atoms with van der Waals surface area (Å²) in [6.07, 6.45) is 0. The quantitative estimate of drug-likeness (QED) is 0.766. The molecule has 102 valence electrons. The molecule has 0 bridgehead atoms. The zero-order chi connectivity index (χ0) is 13.4. The molecular weight excluding hydrogens is 224 g/mol. The first kappa shape index (κ1) is 15.0. The summed E-state index contributed by atoms with van der Waals surface area (Å²) in [5, 5.41) is 3.44. The number of rotatable bonds is 8. The molecule has 0 fully saturated rings. The number of nitrogens with zero attached hydrogens (tertiary/aromatic N) is 1. The summed E-state index contributed by atoms with van der Waals surface area (Å²) in [6.45, 7) is 8.06. The van der Waals surface area contributed by atoms with E-state index in [1.54, 1.807) is 0 Å². The van der Waals surface area contributed by atoms with E-state index in [4.69, 9.17) is 4.74 Å². The van der Waals surface area contributed by atoms with Crippen LogP contribution in [0, 0.1) is 5.92 Å². The third-order valence-corrected chi connectivity index (χ3v) is 2.59. The SMILES string of the molecule is CC(C)CNCc1cccc(OCCN(C)C)c1. The minimum atomic E-state index is 0.685. The van der Waals surface area contributed by atoms with Crippen LogP contribution in [0.15, 0.2) is 24.3 Å². The largest absolute Gasteiger partial charge is 0.492 e. The Morgan fingerprint density at radius 3 is 2.72 bits per heavy atom. The number of ether oxygens (including phenoxy) is 1. The van der Waals surface area contributed by atoms with Crippen LogP contribution in [0.3, 0.4) is 0 Å². The Balaban J connectivity index is 2.36. The fourth-order valence-electron chi connectivity index (χ4n) is 1.60. The van der Waals surface area contributed by atoms with Crippen LogP contribution in [0.4, 0.5) is 0 Å². The molecule has 0 heterocycles. The molecule has 3 heteroatoms. The molecule has 1 aromatic carbocycles. The van der Waals surface area contributed by atoms with Crippen LogP contribution in [0.5, 0.6) is 5.75 Å². The maximum absolute atomic E-state index is 5.72. The second-order valence-electron chi connectivity index (χ2n) is 5.32. The molecule has 0 spiro atoms. The molecular formula is C15H26N2O. The summed E-state index contributed by atoms with van der Waals surface area (Å²) in [7, 11) is 4.10. The van der Waals surface area contributed by atoms with Crippen LogP contribution in [0.1, 0.15) is 19.4 Å². The summed E-state index contributed by atoms with van der Waals surface area (Å²) in [5.74, 6) is 1.64. The average Bonchev–Trinajstić information content (AvgIpc) is 2.28. The molecule has 0 aliphatic heterocycles. The highest BCUT2D eigenvalue weighted by molar-refractivity contribution is 5.28. The van der Waals surface area contributed by atoms with Gasteiger partial charge in [-0.25, -0.2) is 0 Å². The third-order valence-electron chi connectivity index (χ3n) is 2.59. The van der Waals surface area contributed by atoms with E-state index < -0.39 is 0 Å². The van der Waals surface area contributed by atoms with Crippen molar-refractivity contribution >= 4 is 0 Å². The standard InChI is InChI=1S/C15H26N2O/c1-13(2)11-16-12-14-6-5-7-15(10-14)18-9-8-17(3)4/h5-7,10,13,16H,8-9,11-12H2,1-4H3. The fourth-order valence-corrected chi connectivity index (χ4v) is 1.60. The van der Waals surface area contributed by atoms with Gasteiger partial charge >= 0.3 is 0 Å². The van der Waals surface area contributed by atoms with Gasteiger partial charge in [-0.3, -0.25) is 0 Å². The summed E-state index contributed by atoms with van der Waals surface area (Å²) in [6, 6.07) is 8.31. The van der Waals surface area contributed by atoms with Crippen LogP contribution < -0.4 is 10.1 Å². The fraction of sp³-hybridized carbons (Fsp3) is 0.600. The highest BCUT2D eigenvalue weighted by atomic mass is 16.5.